The molecule has 0 amide bonds. The van der Waals surface area contributed by atoms with Gasteiger partial charge in [-0.15, -0.1) is 11.3 Å². The Morgan fingerprint density at radius 1 is 1.20 bits per heavy atom. The number of anilines is 1. The van der Waals surface area contributed by atoms with Gasteiger partial charge in [0.1, 0.15) is 0 Å². The number of nitrogens with one attached hydrogen (secondary N) is 1. The lowest BCUT2D eigenvalue weighted by atomic mass is 10.1. The normalized spacial score (nSPS) is 11.7. The minimum absolute atomic E-state index is 0.101. The molecule has 2 aromatic rings. The van der Waals surface area contributed by atoms with Crippen LogP contribution >= 0.6 is 27.3 Å². The fraction of sp³-hybridized carbons (Fsp3) is 0.286. The number of aryl methyl sites for hydroxylation is 2. The summed E-state index contributed by atoms with van der Waals surface area (Å²) in [6.45, 7) is 4.39. The molecule has 1 N–H and O–H groups in total. The highest BCUT2D eigenvalue weighted by atomic mass is 79.9. The van der Waals surface area contributed by atoms with E-state index in [1.54, 1.807) is 17.4 Å². The van der Waals surface area contributed by atoms with Crippen molar-refractivity contribution in [2.24, 2.45) is 0 Å². The summed E-state index contributed by atoms with van der Waals surface area (Å²) in [4.78, 5) is 2.21. The number of alkyl halides is 3. The van der Waals surface area contributed by atoms with Crippen molar-refractivity contribution in [1.82, 2.24) is 0 Å². The van der Waals surface area contributed by atoms with Gasteiger partial charge in [0.2, 0.25) is 0 Å². The van der Waals surface area contributed by atoms with Crippen molar-refractivity contribution < 1.29 is 13.2 Å². The quantitative estimate of drug-likeness (QED) is 0.730. The van der Waals surface area contributed by atoms with Crippen molar-refractivity contribution in [3.05, 3.63) is 49.6 Å². The van der Waals surface area contributed by atoms with E-state index in [9.17, 15) is 13.2 Å². The van der Waals surface area contributed by atoms with E-state index in [1.807, 2.05) is 19.9 Å². The minimum Gasteiger partial charge on any atom is -0.380 e. The van der Waals surface area contributed by atoms with E-state index in [4.69, 9.17) is 0 Å². The molecule has 0 spiro atoms. The molecule has 0 saturated carbocycles. The molecule has 20 heavy (non-hydrogen) atoms. The maximum atomic E-state index is 13.0. The molecule has 0 aliphatic rings. The van der Waals surface area contributed by atoms with Gasteiger partial charge in [0, 0.05) is 26.5 Å². The summed E-state index contributed by atoms with van der Waals surface area (Å²) in [5.41, 5.74) is 0.611. The molecule has 0 fully saturated rings. The standard InChI is InChI=1S/C14H13BrF3NS/c1-8-5-11(20-9(8)2)7-19-13-4-3-10(15)6-12(13)14(16,17)18/h3-6,19H,7H2,1-2H3. The van der Waals surface area contributed by atoms with Crippen LogP contribution in [0.3, 0.4) is 0 Å². The van der Waals surface area contributed by atoms with Crippen LogP contribution in [0.5, 0.6) is 0 Å². The van der Waals surface area contributed by atoms with E-state index >= 15 is 0 Å². The van der Waals surface area contributed by atoms with Crippen molar-refractivity contribution in [2.75, 3.05) is 5.32 Å². The average Bonchev–Trinajstić information content (AvgIpc) is 2.66. The molecule has 1 aromatic carbocycles. The number of rotatable bonds is 3. The molecule has 0 atom stereocenters. The highest BCUT2D eigenvalue weighted by Crippen LogP contribution is 2.37. The number of hydrogen-bond donors (Lipinski definition) is 1. The van der Waals surface area contributed by atoms with Crippen LogP contribution in [-0.4, -0.2) is 0 Å². The zero-order chi connectivity index (χ0) is 14.9. The smallest absolute Gasteiger partial charge is 0.380 e. The third-order valence-corrected chi connectivity index (χ3v) is 4.60. The molecule has 0 saturated heterocycles. The summed E-state index contributed by atoms with van der Waals surface area (Å²) < 4.78 is 39.3. The van der Waals surface area contributed by atoms with Gasteiger partial charge in [0.15, 0.2) is 0 Å². The van der Waals surface area contributed by atoms with E-state index < -0.39 is 11.7 Å². The molecule has 1 nitrogen and oxygen atoms in total. The van der Waals surface area contributed by atoms with Gasteiger partial charge in [-0.1, -0.05) is 15.9 Å². The molecule has 1 aromatic heterocycles. The van der Waals surface area contributed by atoms with E-state index in [1.165, 1.54) is 16.5 Å². The summed E-state index contributed by atoms with van der Waals surface area (Å²) in [5.74, 6) is 0. The fourth-order valence-corrected chi connectivity index (χ4v) is 3.18. The molecule has 0 unspecified atom stereocenters. The van der Waals surface area contributed by atoms with Crippen LogP contribution in [0.4, 0.5) is 18.9 Å². The second-order valence-electron chi connectivity index (χ2n) is 4.49. The largest absolute Gasteiger partial charge is 0.418 e. The lowest BCUT2D eigenvalue weighted by molar-refractivity contribution is -0.137. The van der Waals surface area contributed by atoms with Gasteiger partial charge in [-0.3, -0.25) is 0 Å². The summed E-state index contributed by atoms with van der Waals surface area (Å²) in [6, 6.07) is 6.13. The van der Waals surface area contributed by atoms with Crippen LogP contribution in [0, 0.1) is 13.8 Å². The Hall–Kier alpha value is -1.01. The Balaban J connectivity index is 2.21. The van der Waals surface area contributed by atoms with Gasteiger partial charge in [0.05, 0.1) is 5.56 Å². The van der Waals surface area contributed by atoms with Gasteiger partial charge >= 0.3 is 6.18 Å². The number of halogens is 4. The molecule has 2 rings (SSSR count). The van der Waals surface area contributed by atoms with Crippen LogP contribution in [0.15, 0.2) is 28.7 Å². The molecule has 0 aliphatic carbocycles. The Morgan fingerprint density at radius 3 is 2.45 bits per heavy atom. The van der Waals surface area contributed by atoms with Gasteiger partial charge in [0.25, 0.3) is 0 Å². The van der Waals surface area contributed by atoms with Crippen LogP contribution < -0.4 is 5.32 Å². The summed E-state index contributed by atoms with van der Waals surface area (Å²) in [6.07, 6.45) is -4.37. The molecule has 0 radical (unpaired) electrons. The second kappa shape index (κ2) is 5.77. The minimum atomic E-state index is -4.37. The number of benzene rings is 1. The van der Waals surface area contributed by atoms with E-state index in [0.717, 1.165) is 10.9 Å². The first-order valence-corrected chi connectivity index (χ1v) is 7.55. The third kappa shape index (κ3) is 3.55. The first-order valence-electron chi connectivity index (χ1n) is 5.94. The lowest BCUT2D eigenvalue weighted by Gasteiger charge is -2.14. The molecule has 0 bridgehead atoms. The Labute approximate surface area is 128 Å². The molecular weight excluding hydrogens is 351 g/mol. The van der Waals surface area contributed by atoms with Crippen LogP contribution in [0.1, 0.15) is 20.9 Å². The maximum absolute atomic E-state index is 13.0. The zero-order valence-corrected chi connectivity index (χ0v) is 13.3. The van der Waals surface area contributed by atoms with E-state index in [2.05, 4.69) is 21.2 Å². The van der Waals surface area contributed by atoms with Crippen LogP contribution in [-0.2, 0) is 12.7 Å². The van der Waals surface area contributed by atoms with Crippen molar-refractivity contribution >= 4 is 33.0 Å². The Bertz CT molecular complexity index is 600. The first-order chi connectivity index (χ1) is 9.27. The van der Waals surface area contributed by atoms with Gasteiger partial charge in [-0.05, 0) is 43.7 Å². The Kier molecular flexibility index (Phi) is 4.44. The highest BCUT2D eigenvalue weighted by molar-refractivity contribution is 9.10. The van der Waals surface area contributed by atoms with Gasteiger partial charge < -0.3 is 5.32 Å². The molecule has 108 valence electrons. The van der Waals surface area contributed by atoms with Crippen molar-refractivity contribution in [1.29, 1.82) is 0 Å². The van der Waals surface area contributed by atoms with Crippen LogP contribution in [0.2, 0.25) is 0 Å². The summed E-state index contributed by atoms with van der Waals surface area (Å²) in [5, 5.41) is 2.87. The van der Waals surface area contributed by atoms with E-state index in [0.29, 0.717) is 11.0 Å². The number of hydrogen-bond acceptors (Lipinski definition) is 2. The molecule has 6 heteroatoms. The molecular formula is C14H13BrF3NS. The monoisotopic (exact) mass is 363 g/mol. The number of thiophene rings is 1. The highest BCUT2D eigenvalue weighted by Gasteiger charge is 2.33. The maximum Gasteiger partial charge on any atom is 0.418 e. The fourth-order valence-electron chi connectivity index (χ4n) is 1.82. The lowest BCUT2D eigenvalue weighted by Crippen LogP contribution is -2.10. The van der Waals surface area contributed by atoms with Crippen molar-refractivity contribution in [3.63, 3.8) is 0 Å². The summed E-state index contributed by atoms with van der Waals surface area (Å²) in [7, 11) is 0. The SMILES string of the molecule is Cc1cc(CNc2ccc(Br)cc2C(F)(F)F)sc1C. The first kappa shape index (κ1) is 15.4. The van der Waals surface area contributed by atoms with Gasteiger partial charge in [-0.25, -0.2) is 0 Å². The van der Waals surface area contributed by atoms with Crippen molar-refractivity contribution in [3.8, 4) is 0 Å². The van der Waals surface area contributed by atoms with E-state index in [-0.39, 0.29) is 5.69 Å². The molecule has 0 aliphatic heterocycles. The predicted molar refractivity (Wildman–Crippen MR) is 80.3 cm³/mol. The third-order valence-electron chi connectivity index (χ3n) is 2.96. The summed E-state index contributed by atoms with van der Waals surface area (Å²) >= 11 is 4.67. The van der Waals surface area contributed by atoms with Gasteiger partial charge in [-0.2, -0.15) is 13.2 Å². The second-order valence-corrected chi connectivity index (χ2v) is 6.75. The van der Waals surface area contributed by atoms with Crippen LogP contribution in [0.25, 0.3) is 0 Å². The van der Waals surface area contributed by atoms with Crippen molar-refractivity contribution in [2.45, 2.75) is 26.6 Å². The topological polar surface area (TPSA) is 12.0 Å². The molecule has 1 heterocycles. The predicted octanol–water partition coefficient (Wildman–Crippen LogP) is 5.76. The average molecular weight is 364 g/mol. The zero-order valence-electron chi connectivity index (χ0n) is 10.9. The Morgan fingerprint density at radius 2 is 1.90 bits per heavy atom.